The molecule has 38 heavy (non-hydrogen) atoms. The number of aromatic hydroxyl groups is 1. The molecule has 2 aliphatic heterocycles. The Hall–Kier alpha value is -2.87. The summed E-state index contributed by atoms with van der Waals surface area (Å²) in [6, 6.07) is 13.6. The fourth-order valence-corrected chi connectivity index (χ4v) is 8.12. The Bertz CT molecular complexity index is 1450. The predicted molar refractivity (Wildman–Crippen MR) is 141 cm³/mol. The number of imide groups is 2. The Morgan fingerprint density at radius 2 is 1.68 bits per heavy atom. The van der Waals surface area contributed by atoms with Gasteiger partial charge in [0.1, 0.15) is 5.75 Å². The van der Waals surface area contributed by atoms with E-state index in [1.807, 2.05) is 36.4 Å². The fourth-order valence-electron chi connectivity index (χ4n) is 6.83. The smallest absolute Gasteiger partial charge is 0.253 e. The van der Waals surface area contributed by atoms with Crippen LogP contribution in [0.3, 0.4) is 0 Å². The van der Waals surface area contributed by atoms with Crippen molar-refractivity contribution in [2.45, 2.75) is 35.1 Å². The van der Waals surface area contributed by atoms with E-state index in [1.54, 1.807) is 6.07 Å². The third-order valence-electron chi connectivity index (χ3n) is 8.58. The van der Waals surface area contributed by atoms with Gasteiger partial charge in [-0.3, -0.25) is 29.0 Å². The van der Waals surface area contributed by atoms with E-state index in [9.17, 15) is 24.3 Å². The molecule has 2 saturated heterocycles. The summed E-state index contributed by atoms with van der Waals surface area (Å²) in [4.78, 5) is 52.7. The number of halogens is 3. The maximum atomic E-state index is 13.8. The molecule has 3 fully saturated rings. The molecule has 6 unspecified atom stereocenters. The van der Waals surface area contributed by atoms with Crippen LogP contribution in [0, 0.1) is 17.8 Å². The number of carbonyl (C=O) groups excluding carboxylic acids is 4. The number of benzene rings is 2. The van der Waals surface area contributed by atoms with Crippen molar-refractivity contribution in [2.75, 3.05) is 7.05 Å². The zero-order chi connectivity index (χ0) is 27.1. The molecule has 196 valence electrons. The second-order valence-electron chi connectivity index (χ2n) is 10.5. The van der Waals surface area contributed by atoms with Crippen molar-refractivity contribution in [1.29, 1.82) is 0 Å². The number of phenols is 1. The van der Waals surface area contributed by atoms with E-state index >= 15 is 0 Å². The molecule has 0 spiro atoms. The summed E-state index contributed by atoms with van der Waals surface area (Å²) in [5.74, 6) is -4.93. The van der Waals surface area contributed by atoms with Crippen molar-refractivity contribution < 1.29 is 24.3 Å². The topological polar surface area (TPSA) is 95.0 Å². The largest absolute Gasteiger partial charge is 0.508 e. The van der Waals surface area contributed by atoms with Gasteiger partial charge in [0, 0.05) is 18.0 Å². The minimum Gasteiger partial charge on any atom is -0.508 e. The lowest BCUT2D eigenvalue weighted by Crippen LogP contribution is -2.60. The normalized spacial score (nSPS) is 34.3. The molecule has 2 aliphatic carbocycles. The molecule has 2 aromatic carbocycles. The molecule has 1 N–H and O–H groups in total. The van der Waals surface area contributed by atoms with Gasteiger partial charge in [0.25, 0.3) is 11.8 Å². The third-order valence-corrected chi connectivity index (χ3v) is 10.3. The lowest BCUT2D eigenvalue weighted by Gasteiger charge is -2.51. The molecule has 6 atom stereocenters. The van der Waals surface area contributed by atoms with E-state index in [-0.39, 0.29) is 42.0 Å². The van der Waals surface area contributed by atoms with E-state index in [0.717, 1.165) is 10.5 Å². The van der Waals surface area contributed by atoms with E-state index in [2.05, 4.69) is 0 Å². The number of allylic oxidation sites excluding steroid dienone is 2. The number of fused-ring (bicyclic) bond motifs is 4. The van der Waals surface area contributed by atoms with Crippen LogP contribution in [0.4, 0.5) is 0 Å². The highest BCUT2D eigenvalue weighted by Crippen LogP contribution is 2.65. The molecule has 2 aromatic rings. The second kappa shape index (κ2) is 8.57. The first kappa shape index (κ1) is 25.4. The quantitative estimate of drug-likeness (QED) is 0.337. The molecule has 0 aromatic heterocycles. The highest BCUT2D eigenvalue weighted by molar-refractivity contribution is 6.53. The molecular weight excluding hydrogens is 551 g/mol. The predicted octanol–water partition coefficient (Wildman–Crippen LogP) is 4.23. The number of carbonyl (C=O) groups is 4. The van der Waals surface area contributed by atoms with Crippen LogP contribution in [-0.4, -0.2) is 55.3 Å². The summed E-state index contributed by atoms with van der Waals surface area (Å²) in [5, 5.41) is 10.1. The van der Waals surface area contributed by atoms with Crippen molar-refractivity contribution in [2.24, 2.45) is 17.8 Å². The van der Waals surface area contributed by atoms with Crippen LogP contribution in [0.2, 0.25) is 5.02 Å². The number of amides is 4. The van der Waals surface area contributed by atoms with E-state index < -0.39 is 45.2 Å². The van der Waals surface area contributed by atoms with E-state index in [1.165, 1.54) is 24.1 Å². The molecule has 0 bridgehead atoms. The van der Waals surface area contributed by atoms with Crippen LogP contribution in [0.5, 0.6) is 5.75 Å². The monoisotopic (exact) mass is 572 g/mol. The Morgan fingerprint density at radius 1 is 0.974 bits per heavy atom. The fraction of sp³-hybridized carbons (Fsp3) is 0.357. The SMILES string of the molecule is CN1C(=O)C2(Cl)CC3C(=CCC4C(=O)N(Cc5ccccc5)C(=O)C43)C(c3ccc(O)cc3Cl)C2(Cl)C1=O. The van der Waals surface area contributed by atoms with Crippen molar-refractivity contribution in [3.63, 3.8) is 0 Å². The van der Waals surface area contributed by atoms with Gasteiger partial charge in [0.05, 0.1) is 18.4 Å². The minimum atomic E-state index is -1.91. The summed E-state index contributed by atoms with van der Waals surface area (Å²) in [6.07, 6.45) is 2.05. The molecule has 7 nitrogen and oxygen atoms in total. The third kappa shape index (κ3) is 3.22. The number of nitrogens with zero attached hydrogens (tertiary/aromatic N) is 2. The van der Waals surface area contributed by atoms with Crippen LogP contribution < -0.4 is 0 Å². The van der Waals surface area contributed by atoms with E-state index in [4.69, 9.17) is 34.8 Å². The summed E-state index contributed by atoms with van der Waals surface area (Å²) in [6.45, 7) is 0.145. The van der Waals surface area contributed by atoms with Gasteiger partial charge in [-0.2, -0.15) is 0 Å². The van der Waals surface area contributed by atoms with E-state index in [0.29, 0.717) is 11.1 Å². The van der Waals surface area contributed by atoms with Crippen LogP contribution >= 0.6 is 34.8 Å². The molecule has 0 radical (unpaired) electrons. The zero-order valence-corrected chi connectivity index (χ0v) is 22.5. The number of phenolic OH excluding ortho intramolecular Hbond substituents is 1. The number of hydrogen-bond donors (Lipinski definition) is 1. The average Bonchev–Trinajstić information content (AvgIpc) is 3.20. The van der Waals surface area contributed by atoms with Gasteiger partial charge in [0.15, 0.2) is 9.75 Å². The maximum Gasteiger partial charge on any atom is 0.253 e. The van der Waals surface area contributed by atoms with Crippen molar-refractivity contribution >= 4 is 58.4 Å². The van der Waals surface area contributed by atoms with Gasteiger partial charge in [-0.05, 0) is 42.0 Å². The summed E-state index contributed by atoms with van der Waals surface area (Å²) in [5.41, 5.74) is 1.89. The summed E-state index contributed by atoms with van der Waals surface area (Å²) in [7, 11) is 1.33. The highest BCUT2D eigenvalue weighted by atomic mass is 35.5. The Labute approximate surface area is 233 Å². The van der Waals surface area contributed by atoms with Gasteiger partial charge in [0.2, 0.25) is 11.8 Å². The molecule has 4 aliphatic rings. The van der Waals surface area contributed by atoms with Gasteiger partial charge in [-0.25, -0.2) is 0 Å². The Kier molecular flexibility index (Phi) is 5.73. The maximum absolute atomic E-state index is 13.8. The summed E-state index contributed by atoms with van der Waals surface area (Å²) >= 11 is 20.8. The second-order valence-corrected chi connectivity index (χ2v) is 12.1. The Balaban J connectivity index is 1.49. The van der Waals surface area contributed by atoms with Crippen molar-refractivity contribution in [3.8, 4) is 5.75 Å². The van der Waals surface area contributed by atoms with Crippen LogP contribution in [-0.2, 0) is 25.7 Å². The molecular formula is C28H23Cl3N2O5. The highest BCUT2D eigenvalue weighted by Gasteiger charge is 2.76. The number of rotatable bonds is 3. The van der Waals surface area contributed by atoms with Crippen molar-refractivity contribution in [3.05, 3.63) is 76.3 Å². The first-order valence-corrected chi connectivity index (χ1v) is 13.4. The number of likely N-dealkylation sites (tertiary alicyclic amines) is 2. The molecule has 4 amide bonds. The lowest BCUT2D eigenvalue weighted by atomic mass is 9.56. The first-order valence-electron chi connectivity index (χ1n) is 12.3. The number of hydrogen-bond acceptors (Lipinski definition) is 5. The molecule has 10 heteroatoms. The van der Waals surface area contributed by atoms with Crippen LogP contribution in [0.15, 0.2) is 60.2 Å². The first-order chi connectivity index (χ1) is 18.0. The van der Waals surface area contributed by atoms with Gasteiger partial charge >= 0.3 is 0 Å². The molecule has 1 saturated carbocycles. The lowest BCUT2D eigenvalue weighted by molar-refractivity contribution is -0.141. The van der Waals surface area contributed by atoms with Crippen LogP contribution in [0.1, 0.15) is 29.9 Å². The molecule has 6 rings (SSSR count). The standard InChI is InChI=1S/C28H23Cl3N2O5/c1-32-25(37)27(30)12-19-16(22(28(27,31)26(32)38)17-8-7-15(34)11-20(17)29)9-10-18-21(19)24(36)33(23(18)35)13-14-5-3-2-4-6-14/h2-9,11,18-19,21-22,34H,10,12-13H2,1H3. The average molecular weight is 574 g/mol. The Morgan fingerprint density at radius 3 is 2.37 bits per heavy atom. The summed E-state index contributed by atoms with van der Waals surface area (Å²) < 4.78 is 0. The van der Waals surface area contributed by atoms with Crippen LogP contribution in [0.25, 0.3) is 0 Å². The van der Waals surface area contributed by atoms with Gasteiger partial charge in [-0.15, -0.1) is 23.2 Å². The number of alkyl halides is 2. The van der Waals surface area contributed by atoms with Crippen molar-refractivity contribution in [1.82, 2.24) is 9.80 Å². The van der Waals surface area contributed by atoms with Gasteiger partial charge < -0.3 is 5.11 Å². The minimum absolute atomic E-state index is 0.0790. The molecule has 2 heterocycles. The van der Waals surface area contributed by atoms with Gasteiger partial charge in [-0.1, -0.05) is 59.6 Å². The zero-order valence-electron chi connectivity index (χ0n) is 20.2.